The van der Waals surface area contributed by atoms with Crippen LogP contribution >= 0.6 is 11.8 Å². The van der Waals surface area contributed by atoms with Gasteiger partial charge in [-0.2, -0.15) is 16.9 Å². The van der Waals surface area contributed by atoms with E-state index in [1.165, 1.54) is 23.6 Å². The summed E-state index contributed by atoms with van der Waals surface area (Å²) in [6, 6.07) is 2.85. The summed E-state index contributed by atoms with van der Waals surface area (Å²) >= 11 is 2.06. The highest BCUT2D eigenvalue weighted by Crippen LogP contribution is 2.22. The Balaban J connectivity index is 1.93. The molecule has 2 heterocycles. The molecule has 3 nitrogen and oxygen atoms in total. The molecule has 0 radical (unpaired) electrons. The summed E-state index contributed by atoms with van der Waals surface area (Å²) in [6.07, 6.45) is 3.20. The third-order valence-corrected chi connectivity index (χ3v) is 4.01. The van der Waals surface area contributed by atoms with Gasteiger partial charge in [0.15, 0.2) is 0 Å². The largest absolute Gasteiger partial charge is 0.297 e. The Morgan fingerprint density at radius 3 is 3.14 bits per heavy atom. The van der Waals surface area contributed by atoms with E-state index in [9.17, 15) is 0 Å². The van der Waals surface area contributed by atoms with Crippen molar-refractivity contribution in [3.63, 3.8) is 0 Å². The molecule has 1 atom stereocenters. The Morgan fingerprint density at radius 2 is 2.57 bits per heavy atom. The minimum absolute atomic E-state index is 0.759. The standard InChI is InChI=1S/C10H17N3S/c1-12(10-4-6-14-8-10)7-9-3-5-11-13(9)2/h3,5,10H,4,6-8H2,1-2H3/t10-/m1/s1. The van der Waals surface area contributed by atoms with Crippen molar-refractivity contribution in [2.24, 2.45) is 7.05 Å². The number of aryl methyl sites for hydroxylation is 1. The lowest BCUT2D eigenvalue weighted by molar-refractivity contribution is 0.248. The molecule has 0 aromatic carbocycles. The van der Waals surface area contributed by atoms with Crippen LogP contribution in [0.3, 0.4) is 0 Å². The van der Waals surface area contributed by atoms with Gasteiger partial charge in [0.1, 0.15) is 0 Å². The lowest BCUT2D eigenvalue weighted by Gasteiger charge is -2.23. The molecule has 1 aliphatic heterocycles. The maximum absolute atomic E-state index is 4.18. The average Bonchev–Trinajstić information content (AvgIpc) is 2.77. The molecule has 0 saturated carbocycles. The van der Waals surface area contributed by atoms with E-state index in [-0.39, 0.29) is 0 Å². The molecule has 4 heteroatoms. The number of hydrogen-bond donors (Lipinski definition) is 0. The van der Waals surface area contributed by atoms with Crippen molar-refractivity contribution in [3.8, 4) is 0 Å². The SMILES string of the molecule is CN(Cc1ccnn1C)[C@@H]1CCSC1. The fourth-order valence-electron chi connectivity index (χ4n) is 1.81. The molecule has 14 heavy (non-hydrogen) atoms. The lowest BCUT2D eigenvalue weighted by Crippen LogP contribution is -2.31. The third-order valence-electron chi connectivity index (χ3n) is 2.86. The van der Waals surface area contributed by atoms with Gasteiger partial charge in [-0.15, -0.1) is 0 Å². The Labute approximate surface area is 89.5 Å². The molecule has 0 unspecified atom stereocenters. The van der Waals surface area contributed by atoms with Crippen LogP contribution in [0.5, 0.6) is 0 Å². The van der Waals surface area contributed by atoms with Crippen LogP contribution in [-0.2, 0) is 13.6 Å². The summed E-state index contributed by atoms with van der Waals surface area (Å²) in [6.45, 7) is 1.02. The van der Waals surface area contributed by atoms with E-state index >= 15 is 0 Å². The van der Waals surface area contributed by atoms with Crippen molar-refractivity contribution >= 4 is 11.8 Å². The van der Waals surface area contributed by atoms with Crippen molar-refractivity contribution in [1.82, 2.24) is 14.7 Å². The first-order chi connectivity index (χ1) is 6.77. The maximum Gasteiger partial charge on any atom is 0.0521 e. The van der Waals surface area contributed by atoms with Crippen LogP contribution < -0.4 is 0 Å². The number of rotatable bonds is 3. The van der Waals surface area contributed by atoms with Gasteiger partial charge in [0.25, 0.3) is 0 Å². The van der Waals surface area contributed by atoms with Gasteiger partial charge >= 0.3 is 0 Å². The zero-order valence-electron chi connectivity index (χ0n) is 8.81. The molecule has 1 aromatic heterocycles. The second-order valence-electron chi connectivity index (χ2n) is 3.88. The van der Waals surface area contributed by atoms with Gasteiger partial charge in [-0.25, -0.2) is 0 Å². The van der Waals surface area contributed by atoms with Gasteiger partial charge in [-0.05, 0) is 25.3 Å². The Morgan fingerprint density at radius 1 is 1.71 bits per heavy atom. The molecule has 1 aliphatic rings. The van der Waals surface area contributed by atoms with Crippen molar-refractivity contribution < 1.29 is 0 Å². The molecule has 2 rings (SSSR count). The van der Waals surface area contributed by atoms with E-state index in [4.69, 9.17) is 0 Å². The minimum atomic E-state index is 0.759. The molecule has 1 saturated heterocycles. The second kappa shape index (κ2) is 4.36. The summed E-state index contributed by atoms with van der Waals surface area (Å²) in [5.74, 6) is 2.61. The van der Waals surface area contributed by atoms with Crippen LogP contribution in [0.4, 0.5) is 0 Å². The molecule has 1 fully saturated rings. The third kappa shape index (κ3) is 2.12. The summed E-state index contributed by atoms with van der Waals surface area (Å²) < 4.78 is 1.96. The molecule has 0 bridgehead atoms. The molecule has 78 valence electrons. The van der Waals surface area contributed by atoms with Gasteiger partial charge in [-0.3, -0.25) is 9.58 Å². The molecular formula is C10H17N3S. The van der Waals surface area contributed by atoms with Gasteiger partial charge < -0.3 is 0 Å². The maximum atomic E-state index is 4.18. The van der Waals surface area contributed by atoms with Crippen molar-refractivity contribution in [2.45, 2.75) is 19.0 Å². The zero-order chi connectivity index (χ0) is 9.97. The van der Waals surface area contributed by atoms with Crippen LogP contribution in [0.25, 0.3) is 0 Å². The van der Waals surface area contributed by atoms with Gasteiger partial charge in [-0.1, -0.05) is 0 Å². The van der Waals surface area contributed by atoms with Crippen LogP contribution in [0.1, 0.15) is 12.1 Å². The van der Waals surface area contributed by atoms with Crippen molar-refractivity contribution in [2.75, 3.05) is 18.6 Å². The predicted octanol–water partition coefficient (Wildman–Crippen LogP) is 1.36. The molecule has 1 aromatic rings. The molecule has 0 aliphatic carbocycles. The Bertz CT molecular complexity index is 291. The van der Waals surface area contributed by atoms with E-state index < -0.39 is 0 Å². The van der Waals surface area contributed by atoms with Gasteiger partial charge in [0.05, 0.1) is 5.69 Å². The number of nitrogens with zero attached hydrogens (tertiary/aromatic N) is 3. The summed E-state index contributed by atoms with van der Waals surface area (Å²) in [7, 11) is 4.22. The monoisotopic (exact) mass is 211 g/mol. The lowest BCUT2D eigenvalue weighted by atomic mass is 10.2. The first-order valence-corrected chi connectivity index (χ1v) is 6.17. The van der Waals surface area contributed by atoms with Crippen LogP contribution in [0, 0.1) is 0 Å². The average molecular weight is 211 g/mol. The molecule has 0 amide bonds. The number of hydrogen-bond acceptors (Lipinski definition) is 3. The normalized spacial score (nSPS) is 22.1. The van der Waals surface area contributed by atoms with Crippen LogP contribution in [-0.4, -0.2) is 39.3 Å². The second-order valence-corrected chi connectivity index (χ2v) is 5.03. The fourth-order valence-corrected chi connectivity index (χ4v) is 3.11. The molecule has 0 N–H and O–H groups in total. The summed E-state index contributed by atoms with van der Waals surface area (Å²) in [4.78, 5) is 2.44. The summed E-state index contributed by atoms with van der Waals surface area (Å²) in [5.41, 5.74) is 1.30. The summed E-state index contributed by atoms with van der Waals surface area (Å²) in [5, 5.41) is 4.18. The first kappa shape index (κ1) is 10.1. The Hall–Kier alpha value is -0.480. The van der Waals surface area contributed by atoms with E-state index in [0.29, 0.717) is 0 Å². The van der Waals surface area contributed by atoms with Gasteiger partial charge in [0.2, 0.25) is 0 Å². The van der Waals surface area contributed by atoms with Crippen LogP contribution in [0.15, 0.2) is 12.3 Å². The van der Waals surface area contributed by atoms with E-state index in [1.807, 2.05) is 17.9 Å². The topological polar surface area (TPSA) is 21.1 Å². The predicted molar refractivity (Wildman–Crippen MR) is 60.4 cm³/mol. The fraction of sp³-hybridized carbons (Fsp3) is 0.700. The Kier molecular flexibility index (Phi) is 3.13. The highest BCUT2D eigenvalue weighted by molar-refractivity contribution is 7.99. The van der Waals surface area contributed by atoms with Crippen molar-refractivity contribution in [3.05, 3.63) is 18.0 Å². The minimum Gasteiger partial charge on any atom is -0.297 e. The molecular weight excluding hydrogens is 194 g/mol. The molecule has 0 spiro atoms. The highest BCUT2D eigenvalue weighted by atomic mass is 32.2. The van der Waals surface area contributed by atoms with E-state index in [2.05, 4.69) is 34.9 Å². The zero-order valence-corrected chi connectivity index (χ0v) is 9.63. The van der Waals surface area contributed by atoms with Crippen LogP contribution in [0.2, 0.25) is 0 Å². The quantitative estimate of drug-likeness (QED) is 0.753. The number of aromatic nitrogens is 2. The first-order valence-electron chi connectivity index (χ1n) is 5.02. The number of thioether (sulfide) groups is 1. The van der Waals surface area contributed by atoms with E-state index in [0.717, 1.165) is 12.6 Å². The smallest absolute Gasteiger partial charge is 0.0521 e. The van der Waals surface area contributed by atoms with E-state index in [1.54, 1.807) is 0 Å². The van der Waals surface area contributed by atoms with Crippen molar-refractivity contribution in [1.29, 1.82) is 0 Å². The van der Waals surface area contributed by atoms with Gasteiger partial charge in [0, 0.05) is 31.6 Å². The highest BCUT2D eigenvalue weighted by Gasteiger charge is 2.20.